The van der Waals surface area contributed by atoms with Crippen molar-refractivity contribution in [3.63, 3.8) is 0 Å². The number of nitrogens with zero attached hydrogens (tertiary/aromatic N) is 6. The van der Waals surface area contributed by atoms with Crippen LogP contribution in [0.25, 0.3) is 0 Å². The Bertz CT molecular complexity index is 1110. The van der Waals surface area contributed by atoms with Crippen molar-refractivity contribution >= 4 is 43.8 Å². The second kappa shape index (κ2) is 9.56. The smallest absolute Gasteiger partial charge is 0.484 e. The van der Waals surface area contributed by atoms with Crippen molar-refractivity contribution in [3.8, 4) is 0 Å². The molecule has 0 aliphatic rings. The zero-order valence-corrected chi connectivity index (χ0v) is 26.5. The summed E-state index contributed by atoms with van der Waals surface area (Å²) in [6, 6.07) is 0. The number of aromatic nitrogens is 6. The molecule has 3 aromatic rings. The SMILES string of the molecule is CC(C)(C)n1ccn([B-](n2ccn(C(C)(C)C)c2=S)n2ccn(C(C)(C)C)c2=S)c1=S.[K+]. The summed E-state index contributed by atoms with van der Waals surface area (Å²) < 4.78 is 14.6. The molecule has 32 heavy (non-hydrogen) atoms. The van der Waals surface area contributed by atoms with Gasteiger partial charge in [-0.3, -0.25) is 0 Å². The van der Waals surface area contributed by atoms with Crippen LogP contribution in [0.3, 0.4) is 0 Å². The molecule has 6 nitrogen and oxygen atoms in total. The van der Waals surface area contributed by atoms with E-state index in [1.807, 2.05) is 37.2 Å². The Hall–Kier alpha value is -0.00870. The molecule has 1 radical (unpaired) electrons. The number of hydrogen-bond donors (Lipinski definition) is 0. The Morgan fingerprint density at radius 1 is 0.500 bits per heavy atom. The third-order valence-corrected chi connectivity index (χ3v) is 6.55. The first kappa shape index (κ1) is 28.2. The van der Waals surface area contributed by atoms with Crippen molar-refractivity contribution < 1.29 is 51.4 Å². The summed E-state index contributed by atoms with van der Waals surface area (Å²) in [5.41, 5.74) is -0.403. The minimum atomic E-state index is -0.344. The predicted molar refractivity (Wildman–Crippen MR) is 137 cm³/mol. The Kier molecular flexibility index (Phi) is 8.44. The predicted octanol–water partition coefficient (Wildman–Crippen LogP) is 2.88. The molecule has 3 aromatic heterocycles. The first-order valence-electron chi connectivity index (χ1n) is 10.4. The largest absolute Gasteiger partial charge is 1.00 e. The Balaban J connectivity index is 0.00000363. The standard InChI is InChI=1S/C21H33BN6S3.K/c1-19(2,3)23-10-13-26(16(23)29)22(27-14-11-24(17(27)30)20(4,5)6)28-15-12-25(18(28)31)21(7,8)9;/h10-15H,1-9H3;/q-1;+1. The minimum Gasteiger partial charge on any atom is -0.484 e. The summed E-state index contributed by atoms with van der Waals surface area (Å²) in [7, 11) is -0.344. The molecule has 0 bridgehead atoms. The van der Waals surface area contributed by atoms with Gasteiger partial charge < -0.3 is 27.1 Å². The molecule has 0 aliphatic carbocycles. The molecule has 0 N–H and O–H groups in total. The van der Waals surface area contributed by atoms with Gasteiger partial charge in [-0.1, -0.05) is 0 Å². The number of hydrogen-bond acceptors (Lipinski definition) is 3. The third-order valence-electron chi connectivity index (χ3n) is 5.32. The van der Waals surface area contributed by atoms with Crippen LogP contribution < -0.4 is 51.4 Å². The summed E-state index contributed by atoms with van der Waals surface area (Å²) >= 11 is 17.7. The molecule has 0 atom stereocenters. The van der Waals surface area contributed by atoms with Crippen LogP contribution in [-0.2, 0) is 16.6 Å². The van der Waals surface area contributed by atoms with Gasteiger partial charge in [0, 0.05) is 35.2 Å². The topological polar surface area (TPSA) is 29.6 Å². The van der Waals surface area contributed by atoms with Crippen molar-refractivity contribution in [3.05, 3.63) is 51.5 Å². The van der Waals surface area contributed by atoms with Crippen molar-refractivity contribution in [2.45, 2.75) is 78.9 Å². The van der Waals surface area contributed by atoms with Gasteiger partial charge in [-0.15, -0.1) is 0 Å². The van der Waals surface area contributed by atoms with Gasteiger partial charge in [0.05, 0.1) is 0 Å². The second-order valence-corrected chi connectivity index (χ2v) is 12.0. The van der Waals surface area contributed by atoms with E-state index in [9.17, 15) is 0 Å². The Labute approximate surface area is 249 Å². The zero-order valence-electron chi connectivity index (χ0n) is 20.9. The maximum Gasteiger partial charge on any atom is 1.00 e. The molecule has 3 rings (SSSR count). The molecule has 0 amide bonds. The zero-order chi connectivity index (χ0) is 23.5. The van der Waals surface area contributed by atoms with E-state index >= 15 is 0 Å². The fourth-order valence-corrected chi connectivity index (χ4v) is 5.10. The van der Waals surface area contributed by atoms with Crippen molar-refractivity contribution in [2.24, 2.45) is 0 Å². The molecule has 0 saturated carbocycles. The summed E-state index contributed by atoms with van der Waals surface area (Å²) in [6.45, 7) is 19.3. The summed E-state index contributed by atoms with van der Waals surface area (Å²) in [5.74, 6) is 0. The average molecular weight is 516 g/mol. The van der Waals surface area contributed by atoms with Gasteiger partial charge in [0.1, 0.15) is 14.3 Å². The van der Waals surface area contributed by atoms with Gasteiger partial charge in [-0.2, -0.15) is 0 Å². The molecule has 0 unspecified atom stereocenters. The van der Waals surface area contributed by atoms with Crippen LogP contribution >= 0.6 is 36.7 Å². The van der Waals surface area contributed by atoms with E-state index in [-0.39, 0.29) is 75.1 Å². The molecule has 0 fully saturated rings. The number of rotatable bonds is 3. The van der Waals surface area contributed by atoms with Crippen LogP contribution in [0.5, 0.6) is 0 Å². The molecule has 11 heteroatoms. The second-order valence-electron chi connectivity index (χ2n) is 10.9. The van der Waals surface area contributed by atoms with E-state index < -0.39 is 0 Å². The molecule has 0 spiro atoms. The fourth-order valence-electron chi connectivity index (χ4n) is 3.63. The van der Waals surface area contributed by atoms with Crippen LogP contribution in [0.2, 0.25) is 0 Å². The van der Waals surface area contributed by atoms with Gasteiger partial charge in [0.25, 0.3) is 0 Å². The van der Waals surface area contributed by atoms with Crippen LogP contribution in [0.15, 0.2) is 37.2 Å². The van der Waals surface area contributed by atoms with Crippen LogP contribution in [-0.4, -0.2) is 34.3 Å². The van der Waals surface area contributed by atoms with Crippen molar-refractivity contribution in [1.82, 2.24) is 27.1 Å². The first-order chi connectivity index (χ1) is 14.0. The van der Waals surface area contributed by atoms with Gasteiger partial charge in [0.15, 0.2) is 0 Å². The monoisotopic (exact) mass is 515 g/mol. The van der Waals surface area contributed by atoms with Crippen molar-refractivity contribution in [2.75, 3.05) is 0 Å². The molecule has 3 heterocycles. The minimum absolute atomic E-state index is 0. The Morgan fingerprint density at radius 2 is 0.719 bits per heavy atom. The Morgan fingerprint density at radius 3 is 0.875 bits per heavy atom. The fraction of sp³-hybridized carbons (Fsp3) is 0.571. The maximum absolute atomic E-state index is 5.91. The van der Waals surface area contributed by atoms with Crippen LogP contribution in [0.4, 0.5) is 0 Å². The van der Waals surface area contributed by atoms with Gasteiger partial charge in [0.2, 0.25) is 7.12 Å². The van der Waals surface area contributed by atoms with Gasteiger partial charge in [-0.05, 0) is 118 Å². The van der Waals surface area contributed by atoms with E-state index in [1.165, 1.54) is 0 Å². The quantitative estimate of drug-likeness (QED) is 0.397. The van der Waals surface area contributed by atoms with Gasteiger partial charge >= 0.3 is 51.4 Å². The summed E-state index contributed by atoms with van der Waals surface area (Å²) in [4.78, 5) is 0. The molecular weight excluding hydrogens is 482 g/mol. The number of imidazole rings is 3. The van der Waals surface area contributed by atoms with Gasteiger partial charge in [-0.25, -0.2) is 0 Å². The van der Waals surface area contributed by atoms with E-state index in [0.29, 0.717) is 14.3 Å². The van der Waals surface area contributed by atoms with Crippen LogP contribution in [0.1, 0.15) is 62.3 Å². The maximum atomic E-state index is 5.91. The van der Waals surface area contributed by atoms with E-state index in [4.69, 9.17) is 36.7 Å². The summed E-state index contributed by atoms with van der Waals surface area (Å²) in [5, 5.41) is 0. The molecular formula is C21H33BKN6S3. The third kappa shape index (κ3) is 5.30. The summed E-state index contributed by atoms with van der Waals surface area (Å²) in [6.07, 6.45) is 12.2. The molecule has 0 saturated heterocycles. The van der Waals surface area contributed by atoms with Crippen molar-refractivity contribution in [1.29, 1.82) is 0 Å². The van der Waals surface area contributed by atoms with Crippen LogP contribution in [0, 0.1) is 14.3 Å². The molecule has 0 aliphatic heterocycles. The molecule has 0 aromatic carbocycles. The van der Waals surface area contributed by atoms with E-state index in [2.05, 4.69) is 89.4 Å². The van der Waals surface area contributed by atoms with E-state index in [1.54, 1.807) is 0 Å². The first-order valence-corrected chi connectivity index (χ1v) is 11.7. The molecule has 169 valence electrons. The van der Waals surface area contributed by atoms with E-state index in [0.717, 1.165) is 0 Å². The average Bonchev–Trinajstić information content (AvgIpc) is 3.26. The normalized spacial score (nSPS) is 12.9.